The lowest BCUT2D eigenvalue weighted by Crippen LogP contribution is -2.19. The van der Waals surface area contributed by atoms with Crippen molar-refractivity contribution in [3.05, 3.63) is 64.4 Å². The molecule has 0 aliphatic heterocycles. The molecule has 7 heteroatoms. The summed E-state index contributed by atoms with van der Waals surface area (Å²) in [5, 5.41) is 8.02. The highest BCUT2D eigenvalue weighted by molar-refractivity contribution is 7.76. The fourth-order valence-corrected chi connectivity index (χ4v) is 2.67. The number of benzene rings is 2. The Labute approximate surface area is 135 Å². The van der Waals surface area contributed by atoms with Gasteiger partial charge in [-0.3, -0.25) is 9.00 Å². The van der Waals surface area contributed by atoms with Gasteiger partial charge in [0.25, 0.3) is 5.56 Å². The van der Waals surface area contributed by atoms with E-state index in [-0.39, 0.29) is 5.56 Å². The van der Waals surface area contributed by atoms with Crippen LogP contribution in [0.5, 0.6) is 0 Å². The smallest absolute Gasteiger partial charge is 0.272 e. The quantitative estimate of drug-likeness (QED) is 0.740. The molecule has 2 aromatic carbocycles. The standard InChI is InChI=1S/C16H15N3O3S/c1-19(23(21)22)10-11-6-8-12(9-7-11)15-13-4-2-3-5-14(13)16(20)18-17-15/h2-9H,10H2,1H3,(H,18,20)(H,21,22)/p-1. The van der Waals surface area contributed by atoms with E-state index in [4.69, 9.17) is 0 Å². The molecule has 0 amide bonds. The van der Waals surface area contributed by atoms with Crippen molar-refractivity contribution in [2.45, 2.75) is 6.54 Å². The number of nitrogens with one attached hydrogen (secondary N) is 1. The number of rotatable bonds is 4. The van der Waals surface area contributed by atoms with Gasteiger partial charge in [-0.1, -0.05) is 42.5 Å². The van der Waals surface area contributed by atoms with Crippen LogP contribution in [0.2, 0.25) is 0 Å². The Morgan fingerprint density at radius 3 is 2.43 bits per heavy atom. The van der Waals surface area contributed by atoms with Crippen LogP contribution in [0.1, 0.15) is 5.56 Å². The average Bonchev–Trinajstić information content (AvgIpc) is 2.56. The van der Waals surface area contributed by atoms with Gasteiger partial charge in [0.1, 0.15) is 0 Å². The minimum Gasteiger partial charge on any atom is -0.760 e. The predicted molar refractivity (Wildman–Crippen MR) is 88.2 cm³/mol. The molecular weight excluding hydrogens is 314 g/mol. The molecule has 118 valence electrons. The van der Waals surface area contributed by atoms with E-state index in [0.29, 0.717) is 17.6 Å². The highest BCUT2D eigenvalue weighted by Gasteiger charge is 2.08. The molecule has 0 spiro atoms. The second-order valence-corrected chi connectivity index (χ2v) is 6.20. The summed E-state index contributed by atoms with van der Waals surface area (Å²) in [5.41, 5.74) is 2.19. The number of hydrogen-bond acceptors (Lipinski definition) is 4. The van der Waals surface area contributed by atoms with Gasteiger partial charge in [-0.15, -0.1) is 0 Å². The van der Waals surface area contributed by atoms with Crippen molar-refractivity contribution in [1.29, 1.82) is 0 Å². The number of hydrogen-bond donors (Lipinski definition) is 1. The van der Waals surface area contributed by atoms with E-state index in [2.05, 4.69) is 10.2 Å². The van der Waals surface area contributed by atoms with Gasteiger partial charge in [0.2, 0.25) is 0 Å². The van der Waals surface area contributed by atoms with Crippen molar-refractivity contribution in [3.8, 4) is 11.3 Å². The summed E-state index contributed by atoms with van der Waals surface area (Å²) in [6, 6.07) is 14.7. The molecule has 1 N–H and O–H groups in total. The molecule has 0 radical (unpaired) electrons. The molecule has 0 bridgehead atoms. The maximum atomic E-state index is 11.8. The van der Waals surface area contributed by atoms with E-state index >= 15 is 0 Å². The fourth-order valence-electron chi connectivity index (χ4n) is 2.41. The van der Waals surface area contributed by atoms with Crippen LogP contribution in [0.25, 0.3) is 22.0 Å². The van der Waals surface area contributed by atoms with Gasteiger partial charge in [-0.25, -0.2) is 9.40 Å². The molecule has 0 saturated carbocycles. The second kappa shape index (κ2) is 6.41. The van der Waals surface area contributed by atoms with Gasteiger partial charge in [-0.2, -0.15) is 5.10 Å². The third-order valence-electron chi connectivity index (χ3n) is 3.58. The largest absolute Gasteiger partial charge is 0.760 e. The first-order chi connectivity index (χ1) is 11.1. The zero-order valence-electron chi connectivity index (χ0n) is 12.4. The highest BCUT2D eigenvalue weighted by Crippen LogP contribution is 2.24. The summed E-state index contributed by atoms with van der Waals surface area (Å²) in [6.45, 7) is 0.302. The first-order valence-corrected chi connectivity index (χ1v) is 7.96. The Morgan fingerprint density at radius 2 is 1.78 bits per heavy atom. The maximum Gasteiger partial charge on any atom is 0.272 e. The van der Waals surface area contributed by atoms with E-state index in [1.807, 2.05) is 42.5 Å². The van der Waals surface area contributed by atoms with Crippen molar-refractivity contribution in [1.82, 2.24) is 14.5 Å². The molecule has 1 heterocycles. The molecule has 0 saturated heterocycles. The van der Waals surface area contributed by atoms with E-state index in [1.54, 1.807) is 6.07 Å². The summed E-state index contributed by atoms with van der Waals surface area (Å²) in [4.78, 5) is 11.8. The van der Waals surface area contributed by atoms with Crippen LogP contribution < -0.4 is 5.56 Å². The monoisotopic (exact) mass is 328 g/mol. The Hall–Kier alpha value is -2.35. The normalized spacial score (nSPS) is 12.7. The van der Waals surface area contributed by atoms with Crippen LogP contribution in [0.15, 0.2) is 53.3 Å². The zero-order chi connectivity index (χ0) is 16.4. The van der Waals surface area contributed by atoms with Gasteiger partial charge in [0.05, 0.1) is 11.1 Å². The lowest BCUT2D eigenvalue weighted by atomic mass is 10.0. The van der Waals surface area contributed by atoms with Crippen LogP contribution >= 0.6 is 0 Å². The number of H-pyrrole nitrogens is 1. The fraction of sp³-hybridized carbons (Fsp3) is 0.125. The molecule has 23 heavy (non-hydrogen) atoms. The second-order valence-electron chi connectivity index (χ2n) is 5.15. The van der Waals surface area contributed by atoms with Crippen LogP contribution in [0.4, 0.5) is 0 Å². The summed E-state index contributed by atoms with van der Waals surface area (Å²) in [5.74, 6) is 0. The first kappa shape index (κ1) is 15.5. The molecule has 0 fully saturated rings. The number of fused-ring (bicyclic) bond motifs is 1. The van der Waals surface area contributed by atoms with Crippen molar-refractivity contribution >= 4 is 22.0 Å². The third-order valence-corrected chi connectivity index (χ3v) is 4.22. The van der Waals surface area contributed by atoms with E-state index < -0.39 is 11.3 Å². The molecule has 3 aromatic rings. The molecule has 0 aliphatic rings. The molecule has 1 atom stereocenters. The molecule has 6 nitrogen and oxygen atoms in total. The lowest BCUT2D eigenvalue weighted by Gasteiger charge is -2.18. The Morgan fingerprint density at radius 1 is 1.13 bits per heavy atom. The van der Waals surface area contributed by atoms with Crippen LogP contribution in [-0.2, 0) is 17.8 Å². The summed E-state index contributed by atoms with van der Waals surface area (Å²) in [7, 11) is 1.51. The topological polar surface area (TPSA) is 89.1 Å². The zero-order valence-corrected chi connectivity index (χ0v) is 13.2. The molecule has 1 unspecified atom stereocenters. The Balaban J connectivity index is 1.99. The van der Waals surface area contributed by atoms with Crippen molar-refractivity contribution in [2.75, 3.05) is 7.05 Å². The molecule has 1 aromatic heterocycles. The third kappa shape index (κ3) is 3.21. The highest BCUT2D eigenvalue weighted by atomic mass is 32.2. The molecular formula is C16H14N3O3S-. The van der Waals surface area contributed by atoms with Gasteiger partial charge in [0, 0.05) is 28.8 Å². The van der Waals surface area contributed by atoms with E-state index in [0.717, 1.165) is 16.5 Å². The van der Waals surface area contributed by atoms with Crippen LogP contribution in [0, 0.1) is 0 Å². The van der Waals surface area contributed by atoms with Crippen molar-refractivity contribution in [3.63, 3.8) is 0 Å². The lowest BCUT2D eigenvalue weighted by molar-refractivity contribution is 0.430. The summed E-state index contributed by atoms with van der Waals surface area (Å²) >= 11 is -2.24. The van der Waals surface area contributed by atoms with Crippen LogP contribution in [-0.4, -0.2) is 30.3 Å². The number of aromatic nitrogens is 2. The molecule has 3 rings (SSSR count). The van der Waals surface area contributed by atoms with Gasteiger partial charge >= 0.3 is 0 Å². The van der Waals surface area contributed by atoms with Crippen LogP contribution in [0.3, 0.4) is 0 Å². The van der Waals surface area contributed by atoms with E-state index in [1.165, 1.54) is 11.4 Å². The number of aromatic amines is 1. The van der Waals surface area contributed by atoms with Crippen molar-refractivity contribution in [2.24, 2.45) is 0 Å². The predicted octanol–water partition coefficient (Wildman–Crippen LogP) is 1.82. The number of nitrogens with zero attached hydrogens (tertiary/aromatic N) is 2. The van der Waals surface area contributed by atoms with Gasteiger partial charge in [-0.05, 0) is 18.7 Å². The summed E-state index contributed by atoms with van der Waals surface area (Å²) < 4.78 is 22.9. The average molecular weight is 328 g/mol. The minimum absolute atomic E-state index is 0.222. The SMILES string of the molecule is CN(Cc1ccc(-c2n[nH]c(=O)c3ccccc23)cc1)S(=O)[O-]. The Kier molecular flexibility index (Phi) is 4.33. The minimum atomic E-state index is -2.24. The summed E-state index contributed by atoms with van der Waals surface area (Å²) in [6.07, 6.45) is 0. The van der Waals surface area contributed by atoms with Gasteiger partial charge in [0.15, 0.2) is 0 Å². The van der Waals surface area contributed by atoms with E-state index in [9.17, 15) is 13.6 Å². The Bertz CT molecular complexity index is 922. The first-order valence-electron chi connectivity index (χ1n) is 6.93. The maximum absolute atomic E-state index is 11.8. The van der Waals surface area contributed by atoms with Gasteiger partial charge < -0.3 is 4.55 Å². The molecule has 0 aliphatic carbocycles. The van der Waals surface area contributed by atoms with Crippen molar-refractivity contribution < 1.29 is 8.76 Å².